The van der Waals surface area contributed by atoms with Crippen molar-refractivity contribution in [3.63, 3.8) is 0 Å². The van der Waals surface area contributed by atoms with Gasteiger partial charge in [-0.25, -0.2) is 9.97 Å². The fraction of sp³-hybridized carbons (Fsp3) is 0.667. The average Bonchev–Trinajstić information content (AvgIpc) is 4.03. The molecule has 0 bridgehead atoms. The minimum atomic E-state index is 0.547. The van der Waals surface area contributed by atoms with Crippen LogP contribution in [0.25, 0.3) is 0 Å². The van der Waals surface area contributed by atoms with Crippen molar-refractivity contribution >= 4 is 0 Å². The number of aromatic nitrogens is 10. The van der Waals surface area contributed by atoms with E-state index in [0.717, 1.165) is 11.4 Å². The van der Waals surface area contributed by atoms with Gasteiger partial charge in [0.1, 0.15) is 0 Å². The predicted molar refractivity (Wildman–Crippen MR) is 243 cm³/mol. The summed E-state index contributed by atoms with van der Waals surface area (Å²) < 4.78 is 9.58. The van der Waals surface area contributed by atoms with E-state index in [1.54, 1.807) is 0 Å². The molecular formula is C45H90N10. The van der Waals surface area contributed by atoms with Crippen LogP contribution < -0.4 is 0 Å². The van der Waals surface area contributed by atoms with Crippen LogP contribution in [0.3, 0.4) is 0 Å². The van der Waals surface area contributed by atoms with Gasteiger partial charge in [0.15, 0.2) is 0 Å². The number of aryl methyl sites for hydroxylation is 5. The third-order valence-corrected chi connectivity index (χ3v) is 6.93. The van der Waals surface area contributed by atoms with Gasteiger partial charge in [-0.1, -0.05) is 138 Å². The maximum Gasteiger partial charge on any atom is 0.0946 e. The van der Waals surface area contributed by atoms with E-state index < -0.39 is 0 Å². The number of nitrogens with zero attached hydrogens (tertiary/aromatic N) is 10. The van der Waals surface area contributed by atoms with E-state index in [2.05, 4.69) is 94.5 Å². The lowest BCUT2D eigenvalue weighted by molar-refractivity contribution is 0.669. The van der Waals surface area contributed by atoms with Crippen molar-refractivity contribution in [2.75, 3.05) is 0 Å². The van der Waals surface area contributed by atoms with E-state index in [1.807, 2.05) is 190 Å². The highest BCUT2D eigenvalue weighted by atomic mass is 15.3. The van der Waals surface area contributed by atoms with Gasteiger partial charge >= 0.3 is 0 Å². The molecule has 0 fully saturated rings. The first-order valence-corrected chi connectivity index (χ1v) is 20.9. The lowest BCUT2D eigenvalue weighted by Gasteiger charge is -2.03. The lowest BCUT2D eigenvalue weighted by Crippen LogP contribution is -1.98. The van der Waals surface area contributed by atoms with Crippen LogP contribution >= 0.6 is 0 Å². The minimum Gasteiger partial charge on any atom is -0.340 e. The molecule has 10 heteroatoms. The summed E-state index contributed by atoms with van der Waals surface area (Å²) in [6.45, 7) is 41.5. The summed E-state index contributed by atoms with van der Waals surface area (Å²) >= 11 is 0. The predicted octanol–water partition coefficient (Wildman–Crippen LogP) is 12.8. The highest BCUT2D eigenvalue weighted by Crippen LogP contribution is 2.13. The minimum absolute atomic E-state index is 0.547. The van der Waals surface area contributed by atoms with E-state index in [0.29, 0.717) is 29.6 Å². The Morgan fingerprint density at radius 1 is 0.491 bits per heavy atom. The Bertz CT molecular complexity index is 1310. The number of rotatable bonds is 5. The maximum absolute atomic E-state index is 4.23. The molecular weight excluding hydrogens is 681 g/mol. The Labute approximate surface area is 341 Å². The molecule has 0 saturated heterocycles. The zero-order chi connectivity index (χ0) is 44.3. The van der Waals surface area contributed by atoms with Crippen LogP contribution in [0.5, 0.6) is 0 Å². The van der Waals surface area contributed by atoms with Crippen molar-refractivity contribution in [3.8, 4) is 0 Å². The van der Waals surface area contributed by atoms with Crippen LogP contribution in [0, 0.1) is 0 Å². The average molecular weight is 771 g/mol. The van der Waals surface area contributed by atoms with Crippen LogP contribution in [0.15, 0.2) is 62.0 Å². The zero-order valence-corrected chi connectivity index (χ0v) is 40.6. The highest BCUT2D eigenvalue weighted by molar-refractivity contribution is 5.08. The molecule has 55 heavy (non-hydrogen) atoms. The largest absolute Gasteiger partial charge is 0.340 e. The van der Waals surface area contributed by atoms with Crippen molar-refractivity contribution in [1.82, 2.24) is 48.4 Å². The standard InChI is InChI=1S/5C7H12N2.5C2H6/c1-6(2)7-4-9(3)5-8-7;1-6(2)7-4-8-5-9(7)3;1-6(2)7-4-8-9(3)5-7;1-6(2)7-4-5-9(3)8-7;1-6(2)7-4-5-8-9(7)3;5*1-2/h5*4-6H,1-3H3;5*1-2H3. The Hall–Kier alpha value is -3.95. The Kier molecular flexibility index (Phi) is 42.0. The van der Waals surface area contributed by atoms with Crippen LogP contribution in [-0.4, -0.2) is 48.4 Å². The molecule has 0 aliphatic rings. The normalized spacial score (nSPS) is 9.27. The SMILES string of the molecule is CC.CC.CC.CC.CC.CC(C)c1ccn(C)n1.CC(C)c1ccnn1C.CC(C)c1cn(C)cn1.CC(C)c1cncn1C.CC(C)c1cnn(C)c1. The molecule has 0 N–H and O–H groups in total. The van der Waals surface area contributed by atoms with Crippen LogP contribution in [-0.2, 0) is 35.2 Å². The van der Waals surface area contributed by atoms with Crippen LogP contribution in [0.4, 0.5) is 0 Å². The summed E-state index contributed by atoms with van der Waals surface area (Å²) in [5, 5.41) is 12.3. The maximum atomic E-state index is 4.23. The molecule has 0 unspecified atom stereocenters. The van der Waals surface area contributed by atoms with Crippen molar-refractivity contribution in [2.24, 2.45) is 35.2 Å². The summed E-state index contributed by atoms with van der Waals surface area (Å²) in [6, 6.07) is 4.09. The van der Waals surface area contributed by atoms with E-state index in [4.69, 9.17) is 0 Å². The molecule has 0 spiro atoms. The van der Waals surface area contributed by atoms with Gasteiger partial charge in [-0.3, -0.25) is 14.0 Å². The van der Waals surface area contributed by atoms with Gasteiger partial charge in [-0.05, 0) is 47.3 Å². The summed E-state index contributed by atoms with van der Waals surface area (Å²) in [5.74, 6) is 2.85. The van der Waals surface area contributed by atoms with Gasteiger partial charge in [0.05, 0.1) is 30.2 Å². The summed E-state index contributed by atoms with van der Waals surface area (Å²) in [4.78, 5) is 8.18. The molecule has 0 radical (unpaired) electrons. The van der Waals surface area contributed by atoms with Gasteiger partial charge in [0.25, 0.3) is 0 Å². The Balaban J connectivity index is -0.000000179. The van der Waals surface area contributed by atoms with Crippen molar-refractivity contribution < 1.29 is 0 Å². The van der Waals surface area contributed by atoms with E-state index in [-0.39, 0.29) is 0 Å². The Morgan fingerprint density at radius 3 is 1.18 bits per heavy atom. The first-order valence-electron chi connectivity index (χ1n) is 20.9. The first kappa shape index (κ1) is 60.3. The second kappa shape index (κ2) is 38.3. The van der Waals surface area contributed by atoms with Crippen molar-refractivity contribution in [1.29, 1.82) is 0 Å². The Morgan fingerprint density at radius 2 is 1.00 bits per heavy atom. The van der Waals surface area contributed by atoms with Crippen LogP contribution in [0.1, 0.15) is 196 Å². The van der Waals surface area contributed by atoms with Gasteiger partial charge in [-0.2, -0.15) is 15.3 Å². The first-order chi connectivity index (χ1) is 26.0. The number of hydrogen-bond donors (Lipinski definition) is 0. The van der Waals surface area contributed by atoms with Gasteiger partial charge < -0.3 is 9.13 Å². The summed E-state index contributed by atoms with van der Waals surface area (Å²) in [5.41, 5.74) is 6.21. The highest BCUT2D eigenvalue weighted by Gasteiger charge is 2.03. The monoisotopic (exact) mass is 771 g/mol. The van der Waals surface area contributed by atoms with E-state index in [9.17, 15) is 0 Å². The molecule has 0 atom stereocenters. The summed E-state index contributed by atoms with van der Waals surface area (Å²) in [7, 11) is 9.84. The molecule has 320 valence electrons. The van der Waals surface area contributed by atoms with Crippen molar-refractivity contribution in [3.05, 3.63) is 90.3 Å². The zero-order valence-electron chi connectivity index (χ0n) is 40.6. The molecule has 0 aromatic carbocycles. The molecule has 5 aromatic rings. The summed E-state index contributed by atoms with van der Waals surface area (Å²) in [6.07, 6.45) is 15.4. The fourth-order valence-electron chi connectivity index (χ4n) is 4.08. The van der Waals surface area contributed by atoms with Gasteiger partial charge in [-0.15, -0.1) is 0 Å². The van der Waals surface area contributed by atoms with E-state index in [1.165, 1.54) is 17.0 Å². The molecule has 5 heterocycles. The fourth-order valence-corrected chi connectivity index (χ4v) is 4.08. The number of imidazole rings is 2. The lowest BCUT2D eigenvalue weighted by atomic mass is 10.1. The second-order valence-corrected chi connectivity index (χ2v) is 12.9. The second-order valence-electron chi connectivity index (χ2n) is 12.9. The van der Waals surface area contributed by atoms with E-state index >= 15 is 0 Å². The molecule has 0 amide bonds. The number of hydrogen-bond acceptors (Lipinski definition) is 5. The third-order valence-electron chi connectivity index (χ3n) is 6.93. The molecule has 5 rings (SSSR count). The van der Waals surface area contributed by atoms with Crippen molar-refractivity contribution in [2.45, 2.75) is 168 Å². The van der Waals surface area contributed by atoms with Gasteiger partial charge in [0, 0.05) is 77.6 Å². The smallest absolute Gasteiger partial charge is 0.0946 e. The molecule has 0 saturated carbocycles. The van der Waals surface area contributed by atoms with Gasteiger partial charge in [0.2, 0.25) is 0 Å². The third kappa shape index (κ3) is 29.1. The molecule has 10 nitrogen and oxygen atoms in total. The quantitative estimate of drug-likeness (QED) is 0.177. The topological polar surface area (TPSA) is 89.1 Å². The molecule has 0 aliphatic heterocycles. The molecule has 0 aliphatic carbocycles. The molecule has 5 aromatic heterocycles. The van der Waals surface area contributed by atoms with Crippen LogP contribution in [0.2, 0.25) is 0 Å².